The molecule has 5 nitrogen and oxygen atoms in total. The summed E-state index contributed by atoms with van der Waals surface area (Å²) in [4.78, 5) is 22.3. The van der Waals surface area contributed by atoms with Gasteiger partial charge in [0.15, 0.2) is 0 Å². The van der Waals surface area contributed by atoms with Crippen LogP contribution in [0, 0.1) is 6.92 Å². The monoisotopic (exact) mass is 448 g/mol. The molecule has 0 bridgehead atoms. The maximum absolute atomic E-state index is 13.2. The number of fused-ring (bicyclic) bond motifs is 3. The van der Waals surface area contributed by atoms with Gasteiger partial charge in [-0.1, -0.05) is 48.5 Å². The first-order valence-electron chi connectivity index (χ1n) is 12.0. The Balaban J connectivity index is 1.20. The van der Waals surface area contributed by atoms with Crippen LogP contribution >= 0.6 is 0 Å². The fourth-order valence-corrected chi connectivity index (χ4v) is 5.25. The standard InChI is InChI=1S/C29H28N4O/c1-20-17-28(24-9-4-5-11-26(24)30-20)31-27-12-6-10-23-25(27)19-33(29(23)34)16-15-32-14-13-21-7-2-3-8-22(21)18-32/h2-12,17H,13-16,18-19H2,1H3,(H,30,31). The maximum Gasteiger partial charge on any atom is 0.254 e. The van der Waals surface area contributed by atoms with Crippen LogP contribution in [-0.4, -0.2) is 40.3 Å². The van der Waals surface area contributed by atoms with E-state index in [1.54, 1.807) is 0 Å². The number of anilines is 2. The largest absolute Gasteiger partial charge is 0.355 e. The molecule has 0 radical (unpaired) electrons. The van der Waals surface area contributed by atoms with Crippen molar-refractivity contribution in [2.75, 3.05) is 25.0 Å². The number of para-hydroxylation sites is 1. The van der Waals surface area contributed by atoms with Crippen molar-refractivity contribution in [3.8, 4) is 0 Å². The molecule has 1 N–H and O–H groups in total. The third kappa shape index (κ3) is 3.82. The molecule has 1 amide bonds. The zero-order valence-electron chi connectivity index (χ0n) is 19.4. The molecule has 170 valence electrons. The molecule has 0 unspecified atom stereocenters. The highest BCUT2D eigenvalue weighted by atomic mass is 16.2. The molecule has 2 aliphatic heterocycles. The van der Waals surface area contributed by atoms with E-state index in [1.165, 1.54) is 11.1 Å². The third-order valence-corrected chi connectivity index (χ3v) is 7.05. The van der Waals surface area contributed by atoms with Crippen molar-refractivity contribution < 1.29 is 4.79 Å². The van der Waals surface area contributed by atoms with Gasteiger partial charge in [-0.15, -0.1) is 0 Å². The summed E-state index contributed by atoms with van der Waals surface area (Å²) in [6, 6.07) is 24.9. The highest BCUT2D eigenvalue weighted by molar-refractivity contribution is 6.01. The first-order chi connectivity index (χ1) is 16.7. The molecule has 3 aromatic carbocycles. The lowest BCUT2D eigenvalue weighted by Gasteiger charge is -2.30. The summed E-state index contributed by atoms with van der Waals surface area (Å²) in [7, 11) is 0. The average Bonchev–Trinajstić information content (AvgIpc) is 3.19. The molecule has 0 aliphatic carbocycles. The summed E-state index contributed by atoms with van der Waals surface area (Å²) in [5.41, 5.74) is 8.71. The highest BCUT2D eigenvalue weighted by Crippen LogP contribution is 2.33. The van der Waals surface area contributed by atoms with Crippen LogP contribution in [0.25, 0.3) is 10.9 Å². The Kier molecular flexibility index (Phi) is 5.27. The van der Waals surface area contributed by atoms with E-state index in [4.69, 9.17) is 0 Å². The highest BCUT2D eigenvalue weighted by Gasteiger charge is 2.30. The summed E-state index contributed by atoms with van der Waals surface area (Å²) in [6.45, 7) is 6.30. The van der Waals surface area contributed by atoms with Crippen molar-refractivity contribution in [1.29, 1.82) is 0 Å². The maximum atomic E-state index is 13.2. The predicted molar refractivity (Wildman–Crippen MR) is 136 cm³/mol. The minimum atomic E-state index is 0.131. The van der Waals surface area contributed by atoms with Gasteiger partial charge in [-0.3, -0.25) is 14.7 Å². The first-order valence-corrected chi connectivity index (χ1v) is 12.0. The van der Waals surface area contributed by atoms with Crippen molar-refractivity contribution >= 4 is 28.2 Å². The van der Waals surface area contributed by atoms with E-state index in [1.807, 2.05) is 42.2 Å². The molecule has 5 heteroatoms. The van der Waals surface area contributed by atoms with Gasteiger partial charge in [0.2, 0.25) is 0 Å². The van der Waals surface area contributed by atoms with Crippen LogP contribution in [0.3, 0.4) is 0 Å². The van der Waals surface area contributed by atoms with Gasteiger partial charge in [0, 0.05) is 66.3 Å². The van der Waals surface area contributed by atoms with Gasteiger partial charge < -0.3 is 10.2 Å². The van der Waals surface area contributed by atoms with Crippen LogP contribution in [-0.2, 0) is 19.5 Å². The van der Waals surface area contributed by atoms with E-state index in [0.29, 0.717) is 6.54 Å². The molecule has 4 aromatic rings. The molecule has 0 saturated heterocycles. The van der Waals surface area contributed by atoms with Crippen molar-refractivity contribution in [3.05, 3.63) is 101 Å². The van der Waals surface area contributed by atoms with Crippen molar-refractivity contribution in [3.63, 3.8) is 0 Å². The number of carbonyl (C=O) groups excluding carboxylic acids is 1. The van der Waals surface area contributed by atoms with Crippen molar-refractivity contribution in [2.45, 2.75) is 26.4 Å². The van der Waals surface area contributed by atoms with Crippen LogP contribution < -0.4 is 5.32 Å². The van der Waals surface area contributed by atoms with E-state index in [2.05, 4.69) is 57.7 Å². The van der Waals surface area contributed by atoms with Crippen LogP contribution in [0.1, 0.15) is 32.7 Å². The van der Waals surface area contributed by atoms with Crippen LogP contribution in [0.4, 0.5) is 11.4 Å². The molecule has 0 atom stereocenters. The molecular weight excluding hydrogens is 420 g/mol. The molecule has 0 saturated carbocycles. The summed E-state index contributed by atoms with van der Waals surface area (Å²) in [5, 5.41) is 4.70. The minimum absolute atomic E-state index is 0.131. The molecule has 2 aliphatic rings. The van der Waals surface area contributed by atoms with Crippen molar-refractivity contribution in [2.24, 2.45) is 0 Å². The Bertz CT molecular complexity index is 1400. The van der Waals surface area contributed by atoms with E-state index in [0.717, 1.165) is 71.7 Å². The number of aryl methyl sites for hydroxylation is 1. The molecule has 1 aromatic heterocycles. The number of aromatic nitrogens is 1. The zero-order chi connectivity index (χ0) is 23.1. The Hall–Kier alpha value is -3.70. The Morgan fingerprint density at radius 2 is 1.71 bits per heavy atom. The second kappa shape index (κ2) is 8.58. The smallest absolute Gasteiger partial charge is 0.254 e. The summed E-state index contributed by atoms with van der Waals surface area (Å²) >= 11 is 0. The number of benzene rings is 3. The molecule has 0 fully saturated rings. The number of hydrogen-bond donors (Lipinski definition) is 1. The number of rotatable bonds is 5. The average molecular weight is 449 g/mol. The van der Waals surface area contributed by atoms with Gasteiger partial charge in [-0.25, -0.2) is 0 Å². The summed E-state index contributed by atoms with van der Waals surface area (Å²) in [5.74, 6) is 0.131. The zero-order valence-corrected chi connectivity index (χ0v) is 19.4. The normalized spacial score (nSPS) is 15.4. The molecule has 34 heavy (non-hydrogen) atoms. The number of amides is 1. The second-order valence-corrected chi connectivity index (χ2v) is 9.31. The molecule has 6 rings (SSSR count). The quantitative estimate of drug-likeness (QED) is 0.450. The minimum Gasteiger partial charge on any atom is -0.355 e. The lowest BCUT2D eigenvalue weighted by atomic mass is 10.00. The number of pyridine rings is 1. The summed E-state index contributed by atoms with van der Waals surface area (Å²) < 4.78 is 0. The van der Waals surface area contributed by atoms with Crippen LogP contribution in [0.2, 0.25) is 0 Å². The third-order valence-electron chi connectivity index (χ3n) is 7.05. The SMILES string of the molecule is Cc1cc(Nc2cccc3c2CN(CCN2CCc4ccccc4C2)C3=O)c2ccccc2n1. The van der Waals surface area contributed by atoms with E-state index >= 15 is 0 Å². The van der Waals surface area contributed by atoms with Gasteiger partial charge in [0.05, 0.1) is 5.52 Å². The van der Waals surface area contributed by atoms with Gasteiger partial charge in [-0.2, -0.15) is 0 Å². The van der Waals surface area contributed by atoms with Gasteiger partial charge in [0.25, 0.3) is 5.91 Å². The summed E-state index contributed by atoms with van der Waals surface area (Å²) in [6.07, 6.45) is 1.08. The Labute approximate surface area is 200 Å². The van der Waals surface area contributed by atoms with Gasteiger partial charge >= 0.3 is 0 Å². The number of nitrogens with zero attached hydrogens (tertiary/aromatic N) is 3. The fourth-order valence-electron chi connectivity index (χ4n) is 5.25. The Morgan fingerprint density at radius 1 is 0.882 bits per heavy atom. The Morgan fingerprint density at radius 3 is 2.62 bits per heavy atom. The fraction of sp³-hybridized carbons (Fsp3) is 0.241. The first kappa shape index (κ1) is 20.9. The van der Waals surface area contributed by atoms with Gasteiger partial charge in [0.1, 0.15) is 0 Å². The van der Waals surface area contributed by atoms with E-state index < -0.39 is 0 Å². The predicted octanol–water partition coefficient (Wildman–Crippen LogP) is 5.30. The lowest BCUT2D eigenvalue weighted by Crippen LogP contribution is -2.38. The van der Waals surface area contributed by atoms with E-state index in [-0.39, 0.29) is 5.91 Å². The van der Waals surface area contributed by atoms with E-state index in [9.17, 15) is 4.79 Å². The van der Waals surface area contributed by atoms with Crippen molar-refractivity contribution in [1.82, 2.24) is 14.8 Å². The molecular formula is C29H28N4O. The molecule has 0 spiro atoms. The van der Waals surface area contributed by atoms with Crippen LogP contribution in [0.5, 0.6) is 0 Å². The number of carbonyl (C=O) groups is 1. The second-order valence-electron chi connectivity index (χ2n) is 9.31. The molecule has 3 heterocycles. The van der Waals surface area contributed by atoms with Gasteiger partial charge in [-0.05, 0) is 48.7 Å². The van der Waals surface area contributed by atoms with Crippen LogP contribution in [0.15, 0.2) is 72.8 Å². The number of hydrogen-bond acceptors (Lipinski definition) is 4. The lowest BCUT2D eigenvalue weighted by molar-refractivity contribution is 0.0755. The number of nitrogens with one attached hydrogen (secondary N) is 1. The topological polar surface area (TPSA) is 48.5 Å².